The van der Waals surface area contributed by atoms with Crippen LogP contribution < -0.4 is 15.2 Å². The molecule has 1 heterocycles. The predicted octanol–water partition coefficient (Wildman–Crippen LogP) is 1.44. The highest BCUT2D eigenvalue weighted by Crippen LogP contribution is 2.35. The zero-order valence-electron chi connectivity index (χ0n) is 8.00. The SMILES string of the molecule is COc1c(N)cc(C#N)nc1OC(F)(F)F. The molecule has 0 aliphatic rings. The Morgan fingerprint density at radius 1 is 1.50 bits per heavy atom. The average molecular weight is 233 g/mol. The largest absolute Gasteiger partial charge is 0.574 e. The highest BCUT2D eigenvalue weighted by Gasteiger charge is 2.34. The number of nitrogens with zero attached hydrogens (tertiary/aromatic N) is 2. The molecule has 1 aromatic heterocycles. The Labute approximate surface area is 88.2 Å². The molecule has 0 aliphatic heterocycles. The van der Waals surface area contributed by atoms with Crippen molar-refractivity contribution in [2.75, 3.05) is 12.8 Å². The first-order valence-corrected chi connectivity index (χ1v) is 3.87. The third-order valence-corrected chi connectivity index (χ3v) is 1.50. The zero-order chi connectivity index (χ0) is 12.3. The van der Waals surface area contributed by atoms with Gasteiger partial charge < -0.3 is 15.2 Å². The van der Waals surface area contributed by atoms with Crippen molar-refractivity contribution in [3.8, 4) is 17.7 Å². The standard InChI is InChI=1S/C8H6F3N3O2/c1-15-6-5(13)2-4(3-12)14-7(6)16-8(9,10)11/h2H,1H3,(H2,13,14). The van der Waals surface area contributed by atoms with Crippen molar-refractivity contribution in [3.05, 3.63) is 11.8 Å². The molecular weight excluding hydrogens is 227 g/mol. The molecule has 0 saturated carbocycles. The maximum absolute atomic E-state index is 12.0. The minimum Gasteiger partial charge on any atom is -0.490 e. The number of alkyl halides is 3. The second kappa shape index (κ2) is 4.14. The third-order valence-electron chi connectivity index (χ3n) is 1.50. The lowest BCUT2D eigenvalue weighted by atomic mass is 10.3. The summed E-state index contributed by atoms with van der Waals surface area (Å²) in [6, 6.07) is 2.64. The van der Waals surface area contributed by atoms with Crippen LogP contribution in [-0.2, 0) is 0 Å². The Bertz CT molecular complexity index is 439. The minimum absolute atomic E-state index is 0.159. The van der Waals surface area contributed by atoms with Gasteiger partial charge in [0.2, 0.25) is 5.75 Å². The third kappa shape index (κ3) is 2.66. The first kappa shape index (κ1) is 11.9. The van der Waals surface area contributed by atoms with E-state index < -0.39 is 12.2 Å². The molecule has 8 heteroatoms. The molecule has 2 N–H and O–H groups in total. The summed E-state index contributed by atoms with van der Waals surface area (Å²) in [5.74, 6) is -1.25. The maximum Gasteiger partial charge on any atom is 0.574 e. The van der Waals surface area contributed by atoms with Crippen molar-refractivity contribution in [2.24, 2.45) is 0 Å². The van der Waals surface area contributed by atoms with Crippen LogP contribution in [0.4, 0.5) is 18.9 Å². The number of nitrogens with two attached hydrogens (primary N) is 1. The molecule has 0 amide bonds. The molecule has 0 aromatic carbocycles. The smallest absolute Gasteiger partial charge is 0.490 e. The molecule has 16 heavy (non-hydrogen) atoms. The van der Waals surface area contributed by atoms with E-state index >= 15 is 0 Å². The predicted molar refractivity (Wildman–Crippen MR) is 46.6 cm³/mol. The topological polar surface area (TPSA) is 81.2 Å². The van der Waals surface area contributed by atoms with Crippen molar-refractivity contribution in [2.45, 2.75) is 6.36 Å². The Morgan fingerprint density at radius 3 is 2.56 bits per heavy atom. The van der Waals surface area contributed by atoms with E-state index in [1.165, 1.54) is 0 Å². The number of methoxy groups -OCH3 is 1. The Kier molecular flexibility index (Phi) is 3.08. The average Bonchev–Trinajstić information content (AvgIpc) is 2.14. The first-order chi connectivity index (χ1) is 7.37. The maximum atomic E-state index is 12.0. The van der Waals surface area contributed by atoms with Gasteiger partial charge in [0.15, 0.2) is 0 Å². The van der Waals surface area contributed by atoms with E-state index in [9.17, 15) is 13.2 Å². The fraction of sp³-hybridized carbons (Fsp3) is 0.250. The Hall–Kier alpha value is -2.17. The summed E-state index contributed by atoms with van der Waals surface area (Å²) in [6.07, 6.45) is -4.93. The number of anilines is 1. The number of halogens is 3. The van der Waals surface area contributed by atoms with E-state index in [1.807, 2.05) is 0 Å². The molecule has 86 valence electrons. The summed E-state index contributed by atoms with van der Waals surface area (Å²) in [5.41, 5.74) is 4.91. The summed E-state index contributed by atoms with van der Waals surface area (Å²) >= 11 is 0. The molecule has 5 nitrogen and oxygen atoms in total. The van der Waals surface area contributed by atoms with Gasteiger partial charge in [0, 0.05) is 6.07 Å². The van der Waals surface area contributed by atoms with Crippen molar-refractivity contribution in [1.29, 1.82) is 5.26 Å². The fourth-order valence-corrected chi connectivity index (χ4v) is 0.970. The van der Waals surface area contributed by atoms with Crippen LogP contribution in [0, 0.1) is 11.3 Å². The molecule has 0 fully saturated rings. The fourth-order valence-electron chi connectivity index (χ4n) is 0.970. The van der Waals surface area contributed by atoms with E-state index in [0.717, 1.165) is 13.2 Å². The highest BCUT2D eigenvalue weighted by atomic mass is 19.4. The number of rotatable bonds is 2. The number of nitrogen functional groups attached to an aromatic ring is 1. The van der Waals surface area contributed by atoms with Gasteiger partial charge in [0.05, 0.1) is 12.8 Å². The van der Waals surface area contributed by atoms with Gasteiger partial charge in [0.25, 0.3) is 5.88 Å². The molecule has 0 radical (unpaired) electrons. The lowest BCUT2D eigenvalue weighted by Gasteiger charge is -2.12. The number of nitriles is 1. The molecule has 0 bridgehead atoms. The molecule has 0 saturated heterocycles. The molecule has 0 atom stereocenters. The second-order valence-corrected chi connectivity index (χ2v) is 2.59. The highest BCUT2D eigenvalue weighted by molar-refractivity contribution is 5.59. The van der Waals surface area contributed by atoms with Crippen LogP contribution in [0.25, 0.3) is 0 Å². The van der Waals surface area contributed by atoms with Crippen molar-refractivity contribution in [3.63, 3.8) is 0 Å². The molecular formula is C8H6F3N3O2. The van der Waals surface area contributed by atoms with Gasteiger partial charge in [0.1, 0.15) is 11.8 Å². The molecule has 0 unspecified atom stereocenters. The lowest BCUT2D eigenvalue weighted by molar-refractivity contribution is -0.276. The van der Waals surface area contributed by atoms with Crippen LogP contribution in [-0.4, -0.2) is 18.5 Å². The van der Waals surface area contributed by atoms with Crippen LogP contribution in [0.15, 0.2) is 6.07 Å². The lowest BCUT2D eigenvalue weighted by Crippen LogP contribution is -2.19. The van der Waals surface area contributed by atoms with Gasteiger partial charge in [-0.2, -0.15) is 10.2 Å². The molecule has 1 rings (SSSR count). The first-order valence-electron chi connectivity index (χ1n) is 3.87. The number of hydrogen-bond acceptors (Lipinski definition) is 5. The Balaban J connectivity index is 3.24. The van der Waals surface area contributed by atoms with E-state index in [1.54, 1.807) is 6.07 Å². The normalized spacial score (nSPS) is 10.7. The van der Waals surface area contributed by atoms with E-state index in [4.69, 9.17) is 11.0 Å². The van der Waals surface area contributed by atoms with Crippen LogP contribution in [0.5, 0.6) is 11.6 Å². The molecule has 1 aromatic rings. The van der Waals surface area contributed by atoms with Gasteiger partial charge in [-0.1, -0.05) is 0 Å². The van der Waals surface area contributed by atoms with Crippen LogP contribution in [0.2, 0.25) is 0 Å². The molecule has 0 spiro atoms. The monoisotopic (exact) mass is 233 g/mol. The summed E-state index contributed by atoms with van der Waals surface area (Å²) in [5, 5.41) is 8.50. The van der Waals surface area contributed by atoms with E-state index in [0.29, 0.717) is 0 Å². The zero-order valence-corrected chi connectivity index (χ0v) is 8.00. The minimum atomic E-state index is -4.93. The van der Waals surface area contributed by atoms with Crippen LogP contribution in [0.3, 0.4) is 0 Å². The summed E-state index contributed by atoms with van der Waals surface area (Å²) in [4.78, 5) is 3.30. The van der Waals surface area contributed by atoms with Gasteiger partial charge in [-0.3, -0.25) is 0 Å². The van der Waals surface area contributed by atoms with Crippen molar-refractivity contribution >= 4 is 5.69 Å². The number of ether oxygens (including phenoxy) is 2. The number of hydrogen-bond donors (Lipinski definition) is 1. The summed E-state index contributed by atoms with van der Waals surface area (Å²) < 4.78 is 44.1. The van der Waals surface area contributed by atoms with Crippen LogP contribution in [0.1, 0.15) is 5.69 Å². The van der Waals surface area contributed by atoms with Gasteiger partial charge in [-0.15, -0.1) is 13.2 Å². The van der Waals surface area contributed by atoms with Gasteiger partial charge in [-0.25, -0.2) is 0 Å². The van der Waals surface area contributed by atoms with Gasteiger partial charge in [-0.05, 0) is 0 Å². The number of pyridine rings is 1. The Morgan fingerprint density at radius 2 is 2.12 bits per heavy atom. The van der Waals surface area contributed by atoms with Crippen molar-refractivity contribution < 1.29 is 22.6 Å². The van der Waals surface area contributed by atoms with Crippen molar-refractivity contribution in [1.82, 2.24) is 4.98 Å². The van der Waals surface area contributed by atoms with Gasteiger partial charge >= 0.3 is 6.36 Å². The van der Waals surface area contributed by atoms with E-state index in [2.05, 4.69) is 14.5 Å². The second-order valence-electron chi connectivity index (χ2n) is 2.59. The summed E-state index contributed by atoms with van der Waals surface area (Å²) in [7, 11) is 1.11. The molecule has 0 aliphatic carbocycles. The van der Waals surface area contributed by atoms with E-state index in [-0.39, 0.29) is 17.1 Å². The van der Waals surface area contributed by atoms with Crippen LogP contribution >= 0.6 is 0 Å². The summed E-state index contributed by atoms with van der Waals surface area (Å²) in [6.45, 7) is 0. The number of aromatic nitrogens is 1. The quantitative estimate of drug-likeness (QED) is 0.835.